The second-order valence-electron chi connectivity index (χ2n) is 12.4. The van der Waals surface area contributed by atoms with Gasteiger partial charge >= 0.3 is 0 Å². The topological polar surface area (TPSA) is 8.81 Å². The molecule has 2 nitrogen and oxygen atoms in total. The number of unbranched alkanes of at least 4 members (excludes halogenated alkanes) is 13. The first-order chi connectivity index (χ1) is 19.7. The number of hydrogen-bond donors (Lipinski definition) is 0. The van der Waals surface area contributed by atoms with E-state index in [0.717, 1.165) is 13.0 Å². The molecule has 0 aliphatic carbocycles. The van der Waals surface area contributed by atoms with E-state index in [1.54, 1.807) is 0 Å². The number of benzene rings is 2. The van der Waals surface area contributed by atoms with Gasteiger partial charge in [-0.2, -0.15) is 0 Å². The van der Waals surface area contributed by atoms with E-state index in [0.29, 0.717) is 6.04 Å². The number of imidazole rings is 1. The van der Waals surface area contributed by atoms with Crippen molar-refractivity contribution in [2.24, 2.45) is 0 Å². The third kappa shape index (κ3) is 10.9. The average molecular weight is 544 g/mol. The molecular formula is C38H59N2+. The summed E-state index contributed by atoms with van der Waals surface area (Å²) in [6.07, 6.45) is 29.9. The molecule has 0 spiro atoms. The van der Waals surface area contributed by atoms with E-state index in [-0.39, 0.29) is 5.41 Å². The second-order valence-corrected chi connectivity index (χ2v) is 12.4. The number of aryl methyl sites for hydroxylation is 1. The van der Waals surface area contributed by atoms with Gasteiger partial charge in [-0.25, -0.2) is 9.13 Å². The lowest BCUT2D eigenvalue weighted by molar-refractivity contribution is -0.697. The molecule has 3 rings (SSSR count). The first kappa shape index (κ1) is 32.2. The molecule has 1 aromatic heterocycles. The molecule has 0 amide bonds. The van der Waals surface area contributed by atoms with Crippen molar-refractivity contribution in [3.05, 3.63) is 90.5 Å². The maximum Gasteiger partial charge on any atom is 0.244 e. The van der Waals surface area contributed by atoms with Crippen molar-refractivity contribution in [2.75, 3.05) is 0 Å². The number of nitrogens with zero attached hydrogens (tertiary/aromatic N) is 2. The van der Waals surface area contributed by atoms with E-state index in [4.69, 9.17) is 0 Å². The monoisotopic (exact) mass is 543 g/mol. The quantitative estimate of drug-likeness (QED) is 0.0880. The third-order valence-corrected chi connectivity index (χ3v) is 9.01. The lowest BCUT2D eigenvalue weighted by Gasteiger charge is -2.37. The molecule has 0 aliphatic heterocycles. The Kier molecular flexibility index (Phi) is 15.2. The maximum atomic E-state index is 2.57. The van der Waals surface area contributed by atoms with E-state index < -0.39 is 0 Å². The molecule has 2 unspecified atom stereocenters. The van der Waals surface area contributed by atoms with Crippen molar-refractivity contribution < 1.29 is 4.57 Å². The average Bonchev–Trinajstić information content (AvgIpc) is 3.45. The highest BCUT2D eigenvalue weighted by Gasteiger charge is 2.40. The van der Waals surface area contributed by atoms with Gasteiger partial charge in [-0.1, -0.05) is 158 Å². The van der Waals surface area contributed by atoms with E-state index >= 15 is 0 Å². The molecule has 3 aromatic rings. The number of rotatable bonds is 22. The highest BCUT2D eigenvalue weighted by Crippen LogP contribution is 2.41. The Morgan fingerprint density at radius 1 is 0.650 bits per heavy atom. The first-order valence-corrected chi connectivity index (χ1v) is 16.8. The van der Waals surface area contributed by atoms with Crippen LogP contribution in [0.2, 0.25) is 0 Å². The normalized spacial score (nSPS) is 13.8. The zero-order valence-corrected chi connectivity index (χ0v) is 26.2. The third-order valence-electron chi connectivity index (χ3n) is 9.01. The van der Waals surface area contributed by atoms with Gasteiger partial charge in [-0.3, -0.25) is 0 Å². The Bertz CT molecular complexity index is 1010. The summed E-state index contributed by atoms with van der Waals surface area (Å²) in [6.45, 7) is 8.25. The summed E-state index contributed by atoms with van der Waals surface area (Å²) in [5.74, 6) is 0. The van der Waals surface area contributed by atoms with Crippen LogP contribution in [0.4, 0.5) is 0 Å². The van der Waals surface area contributed by atoms with Crippen LogP contribution in [0.3, 0.4) is 0 Å². The van der Waals surface area contributed by atoms with Crippen molar-refractivity contribution in [1.29, 1.82) is 0 Å². The Hall–Kier alpha value is -2.35. The zero-order valence-electron chi connectivity index (χ0n) is 26.2. The minimum Gasteiger partial charge on any atom is -0.237 e. The van der Waals surface area contributed by atoms with Crippen molar-refractivity contribution in [1.82, 2.24) is 4.57 Å². The molecule has 2 heteroatoms. The van der Waals surface area contributed by atoms with Gasteiger partial charge < -0.3 is 0 Å². The summed E-state index contributed by atoms with van der Waals surface area (Å²) >= 11 is 0. The van der Waals surface area contributed by atoms with Crippen LogP contribution in [-0.2, 0) is 18.4 Å². The molecule has 2 aromatic carbocycles. The predicted molar refractivity (Wildman–Crippen MR) is 173 cm³/mol. The fourth-order valence-corrected chi connectivity index (χ4v) is 6.50. The van der Waals surface area contributed by atoms with E-state index in [9.17, 15) is 0 Å². The highest BCUT2D eigenvalue weighted by atomic mass is 15.1. The molecule has 2 atom stereocenters. The van der Waals surface area contributed by atoms with Crippen LogP contribution in [0, 0.1) is 0 Å². The standard InChI is InChI=1S/C38H59N2/c1-4-6-8-10-12-14-16-24-30-39-31-32-40(34-39)37(29-23-15-13-11-9-7-5-2)38(3,36-27-21-18-22-28-36)33-35-25-19-17-20-26-35/h17-22,25-28,31-32,34,37H,4-16,23-24,29-30,33H2,1-3H3/q+1. The van der Waals surface area contributed by atoms with Crippen LogP contribution in [0.5, 0.6) is 0 Å². The van der Waals surface area contributed by atoms with Crippen LogP contribution < -0.4 is 4.57 Å². The Labute approximate surface area is 247 Å². The van der Waals surface area contributed by atoms with E-state index in [1.807, 2.05) is 0 Å². The molecule has 0 fully saturated rings. The van der Waals surface area contributed by atoms with Gasteiger partial charge in [-0.05, 0) is 43.2 Å². The van der Waals surface area contributed by atoms with Crippen LogP contribution in [0.25, 0.3) is 0 Å². The van der Waals surface area contributed by atoms with Crippen molar-refractivity contribution in [3.63, 3.8) is 0 Å². The number of aromatic nitrogens is 2. The molecule has 0 aliphatic rings. The van der Waals surface area contributed by atoms with Crippen LogP contribution in [0.15, 0.2) is 79.4 Å². The molecule has 220 valence electrons. The lowest BCUT2D eigenvalue weighted by Crippen LogP contribution is -2.38. The minimum atomic E-state index is 0.0141. The summed E-state index contributed by atoms with van der Waals surface area (Å²) in [7, 11) is 0. The molecule has 0 N–H and O–H groups in total. The molecule has 1 heterocycles. The van der Waals surface area contributed by atoms with Gasteiger partial charge in [0, 0.05) is 5.41 Å². The summed E-state index contributed by atoms with van der Waals surface area (Å²) in [5.41, 5.74) is 2.90. The molecule has 40 heavy (non-hydrogen) atoms. The van der Waals surface area contributed by atoms with Gasteiger partial charge in [0.1, 0.15) is 18.4 Å². The summed E-state index contributed by atoms with van der Waals surface area (Å²) in [6, 6.07) is 22.9. The fourth-order valence-electron chi connectivity index (χ4n) is 6.50. The first-order valence-electron chi connectivity index (χ1n) is 16.8. The Morgan fingerprint density at radius 3 is 1.77 bits per heavy atom. The zero-order chi connectivity index (χ0) is 28.3. The molecular weight excluding hydrogens is 484 g/mol. The van der Waals surface area contributed by atoms with Gasteiger partial charge in [0.2, 0.25) is 6.33 Å². The largest absolute Gasteiger partial charge is 0.244 e. The van der Waals surface area contributed by atoms with E-state index in [2.05, 4.69) is 109 Å². The van der Waals surface area contributed by atoms with Crippen molar-refractivity contribution in [2.45, 2.75) is 148 Å². The van der Waals surface area contributed by atoms with Gasteiger partial charge in [-0.15, -0.1) is 0 Å². The molecule has 0 bridgehead atoms. The van der Waals surface area contributed by atoms with Gasteiger partial charge in [0.05, 0.1) is 6.54 Å². The van der Waals surface area contributed by atoms with Gasteiger partial charge in [0.15, 0.2) is 0 Å². The maximum absolute atomic E-state index is 2.57. The summed E-state index contributed by atoms with van der Waals surface area (Å²) in [4.78, 5) is 0. The Morgan fingerprint density at radius 2 is 1.18 bits per heavy atom. The Balaban J connectivity index is 1.72. The van der Waals surface area contributed by atoms with E-state index in [1.165, 1.54) is 114 Å². The van der Waals surface area contributed by atoms with Gasteiger partial charge in [0.25, 0.3) is 0 Å². The molecule has 0 saturated carbocycles. The number of hydrogen-bond acceptors (Lipinski definition) is 0. The van der Waals surface area contributed by atoms with Crippen LogP contribution >= 0.6 is 0 Å². The minimum absolute atomic E-state index is 0.0141. The summed E-state index contributed by atoms with van der Waals surface area (Å²) in [5, 5.41) is 0. The van der Waals surface area contributed by atoms with Crippen molar-refractivity contribution >= 4 is 0 Å². The fraction of sp³-hybridized carbons (Fsp3) is 0.605. The SMILES string of the molecule is CCCCCCCCCC[n+]1ccn(C(CCCCCCCCC)C(C)(Cc2ccccc2)c2ccccc2)c1. The lowest BCUT2D eigenvalue weighted by atomic mass is 9.70. The smallest absolute Gasteiger partial charge is 0.237 e. The second kappa shape index (κ2) is 18.9. The van der Waals surface area contributed by atoms with Crippen LogP contribution in [0.1, 0.15) is 141 Å². The molecule has 0 radical (unpaired) electrons. The van der Waals surface area contributed by atoms with Crippen molar-refractivity contribution in [3.8, 4) is 0 Å². The van der Waals surface area contributed by atoms with Crippen LogP contribution in [-0.4, -0.2) is 4.57 Å². The predicted octanol–water partition coefficient (Wildman–Crippen LogP) is 10.8. The summed E-state index contributed by atoms with van der Waals surface area (Å²) < 4.78 is 5.01. The highest BCUT2D eigenvalue weighted by molar-refractivity contribution is 5.30. The molecule has 0 saturated heterocycles.